The Morgan fingerprint density at radius 1 is 1.32 bits per heavy atom. The lowest BCUT2D eigenvalue weighted by Gasteiger charge is -2.28. The second kappa shape index (κ2) is 5.74. The molecule has 3 N–H and O–H groups in total. The summed E-state index contributed by atoms with van der Waals surface area (Å²) in [6.07, 6.45) is 4.57. The van der Waals surface area contributed by atoms with Crippen molar-refractivity contribution in [2.75, 3.05) is 6.54 Å². The topological polar surface area (TPSA) is 63.3 Å². The van der Waals surface area contributed by atoms with Gasteiger partial charge in [-0.25, -0.2) is 0 Å². The average Bonchev–Trinajstić information content (AvgIpc) is 3.22. The fourth-order valence-electron chi connectivity index (χ4n) is 2.64. The summed E-state index contributed by atoms with van der Waals surface area (Å²) < 4.78 is 0. The van der Waals surface area contributed by atoms with Crippen molar-refractivity contribution in [3.63, 3.8) is 0 Å². The number of aryl methyl sites for hydroxylation is 1. The summed E-state index contributed by atoms with van der Waals surface area (Å²) in [4.78, 5) is 11.7. The fraction of sp³-hybridized carbons (Fsp3) is 0.562. The third kappa shape index (κ3) is 3.35. The molecular weight excluding hydrogens is 238 g/mol. The number of hydrogen-bond donors (Lipinski definition) is 2. The zero-order chi connectivity index (χ0) is 13.9. The van der Waals surface area contributed by atoms with Crippen LogP contribution in [0.15, 0.2) is 24.3 Å². The van der Waals surface area contributed by atoms with Crippen LogP contribution in [-0.2, 0) is 17.6 Å². The standard InChI is InChI=1S/C16H23NO2/c1-2-12-3-5-13(6-4-12)9-16(11-17,15(18)19)10-14-7-8-14/h3-6,14H,2,7-11,17H2,1H3,(H,18,19). The smallest absolute Gasteiger partial charge is 0.311 e. The highest BCUT2D eigenvalue weighted by Gasteiger charge is 2.42. The lowest BCUT2D eigenvalue weighted by molar-refractivity contribution is -0.149. The number of nitrogens with two attached hydrogens (primary N) is 1. The molecule has 104 valence electrons. The largest absolute Gasteiger partial charge is 0.481 e. The van der Waals surface area contributed by atoms with Crippen molar-refractivity contribution in [2.24, 2.45) is 17.1 Å². The Hall–Kier alpha value is -1.35. The Labute approximate surface area is 114 Å². The number of rotatable bonds is 7. The average molecular weight is 261 g/mol. The van der Waals surface area contributed by atoms with Crippen LogP contribution in [0.4, 0.5) is 0 Å². The lowest BCUT2D eigenvalue weighted by Crippen LogP contribution is -2.41. The molecule has 1 aromatic rings. The Balaban J connectivity index is 2.15. The van der Waals surface area contributed by atoms with Crippen LogP contribution in [0.25, 0.3) is 0 Å². The van der Waals surface area contributed by atoms with Crippen LogP contribution in [0.3, 0.4) is 0 Å². The number of hydrogen-bond acceptors (Lipinski definition) is 2. The number of aliphatic carboxylic acids is 1. The van der Waals surface area contributed by atoms with Crippen molar-refractivity contribution in [2.45, 2.75) is 39.0 Å². The SMILES string of the molecule is CCc1ccc(CC(CN)(CC2CC2)C(=O)O)cc1. The highest BCUT2D eigenvalue weighted by molar-refractivity contribution is 5.75. The Bertz CT molecular complexity index is 437. The maximum absolute atomic E-state index is 11.7. The van der Waals surface area contributed by atoms with E-state index in [0.717, 1.165) is 24.8 Å². The molecule has 0 amide bonds. The molecule has 1 saturated carbocycles. The molecule has 1 aromatic carbocycles. The number of carbonyl (C=O) groups is 1. The quantitative estimate of drug-likeness (QED) is 0.793. The van der Waals surface area contributed by atoms with Crippen LogP contribution in [0.2, 0.25) is 0 Å². The highest BCUT2D eigenvalue weighted by Crippen LogP contribution is 2.41. The molecule has 2 rings (SSSR count). The first-order valence-corrected chi connectivity index (χ1v) is 7.11. The third-order valence-corrected chi connectivity index (χ3v) is 4.19. The Morgan fingerprint density at radius 2 is 1.89 bits per heavy atom. The summed E-state index contributed by atoms with van der Waals surface area (Å²) in [5.41, 5.74) is 7.38. The van der Waals surface area contributed by atoms with Crippen molar-refractivity contribution in [1.29, 1.82) is 0 Å². The van der Waals surface area contributed by atoms with Gasteiger partial charge in [-0.15, -0.1) is 0 Å². The maximum atomic E-state index is 11.7. The highest BCUT2D eigenvalue weighted by atomic mass is 16.4. The van der Waals surface area contributed by atoms with Gasteiger partial charge >= 0.3 is 5.97 Å². The summed E-state index contributed by atoms with van der Waals surface area (Å²) in [6.45, 7) is 2.33. The molecule has 0 radical (unpaired) electrons. The second-order valence-electron chi connectivity index (χ2n) is 5.78. The molecule has 0 spiro atoms. The molecule has 0 bridgehead atoms. The molecule has 0 saturated heterocycles. The minimum atomic E-state index is -0.783. The van der Waals surface area contributed by atoms with Crippen molar-refractivity contribution in [3.8, 4) is 0 Å². The molecule has 1 aliphatic rings. The maximum Gasteiger partial charge on any atom is 0.311 e. The summed E-state index contributed by atoms with van der Waals surface area (Å²) in [7, 11) is 0. The van der Waals surface area contributed by atoms with E-state index in [0.29, 0.717) is 18.8 Å². The van der Waals surface area contributed by atoms with E-state index in [9.17, 15) is 9.90 Å². The van der Waals surface area contributed by atoms with Crippen LogP contribution in [0.1, 0.15) is 37.3 Å². The first-order valence-electron chi connectivity index (χ1n) is 7.11. The van der Waals surface area contributed by atoms with E-state index in [1.54, 1.807) is 0 Å². The van der Waals surface area contributed by atoms with E-state index in [2.05, 4.69) is 19.1 Å². The molecule has 19 heavy (non-hydrogen) atoms. The van der Waals surface area contributed by atoms with Crippen LogP contribution < -0.4 is 5.73 Å². The summed E-state index contributed by atoms with van der Waals surface area (Å²) in [5, 5.41) is 9.58. The van der Waals surface area contributed by atoms with E-state index in [4.69, 9.17) is 5.73 Å². The zero-order valence-electron chi connectivity index (χ0n) is 11.6. The van der Waals surface area contributed by atoms with E-state index in [1.165, 1.54) is 5.56 Å². The van der Waals surface area contributed by atoms with Crippen LogP contribution in [0.5, 0.6) is 0 Å². The van der Waals surface area contributed by atoms with Gasteiger partial charge in [0.25, 0.3) is 0 Å². The molecule has 1 fully saturated rings. The predicted octanol–water partition coefficient (Wildman–Crippen LogP) is 2.62. The molecule has 1 atom stereocenters. The predicted molar refractivity (Wildman–Crippen MR) is 76.0 cm³/mol. The van der Waals surface area contributed by atoms with Gasteiger partial charge in [-0.05, 0) is 36.3 Å². The molecular formula is C16H23NO2. The van der Waals surface area contributed by atoms with Gasteiger partial charge in [0.2, 0.25) is 0 Å². The molecule has 0 aromatic heterocycles. The molecule has 1 unspecified atom stereocenters. The normalized spacial score (nSPS) is 18.0. The minimum Gasteiger partial charge on any atom is -0.481 e. The van der Waals surface area contributed by atoms with Gasteiger partial charge in [-0.2, -0.15) is 0 Å². The van der Waals surface area contributed by atoms with Gasteiger partial charge in [0.1, 0.15) is 0 Å². The van der Waals surface area contributed by atoms with Gasteiger partial charge in [0.15, 0.2) is 0 Å². The van der Waals surface area contributed by atoms with E-state index in [1.807, 2.05) is 12.1 Å². The van der Waals surface area contributed by atoms with Crippen molar-refractivity contribution in [3.05, 3.63) is 35.4 Å². The van der Waals surface area contributed by atoms with Crippen LogP contribution in [0, 0.1) is 11.3 Å². The van der Waals surface area contributed by atoms with Gasteiger partial charge in [0, 0.05) is 6.54 Å². The third-order valence-electron chi connectivity index (χ3n) is 4.19. The van der Waals surface area contributed by atoms with E-state index in [-0.39, 0.29) is 6.54 Å². The van der Waals surface area contributed by atoms with Crippen molar-refractivity contribution < 1.29 is 9.90 Å². The Kier molecular flexibility index (Phi) is 4.25. The Morgan fingerprint density at radius 3 is 2.32 bits per heavy atom. The van der Waals surface area contributed by atoms with Crippen LogP contribution in [-0.4, -0.2) is 17.6 Å². The first kappa shape index (κ1) is 14.1. The van der Waals surface area contributed by atoms with E-state index >= 15 is 0 Å². The zero-order valence-corrected chi connectivity index (χ0v) is 11.6. The van der Waals surface area contributed by atoms with Gasteiger partial charge < -0.3 is 10.8 Å². The number of carboxylic acids is 1. The van der Waals surface area contributed by atoms with Crippen molar-refractivity contribution in [1.82, 2.24) is 0 Å². The van der Waals surface area contributed by atoms with Gasteiger partial charge in [0.05, 0.1) is 5.41 Å². The molecule has 0 heterocycles. The minimum absolute atomic E-state index is 0.217. The summed E-state index contributed by atoms with van der Waals surface area (Å²) in [5.74, 6) is -0.184. The van der Waals surface area contributed by atoms with Gasteiger partial charge in [-0.1, -0.05) is 44.0 Å². The monoisotopic (exact) mass is 261 g/mol. The van der Waals surface area contributed by atoms with E-state index < -0.39 is 11.4 Å². The molecule has 3 nitrogen and oxygen atoms in total. The molecule has 3 heteroatoms. The fourth-order valence-corrected chi connectivity index (χ4v) is 2.64. The van der Waals surface area contributed by atoms with Crippen LogP contribution >= 0.6 is 0 Å². The summed E-state index contributed by atoms with van der Waals surface area (Å²) in [6, 6.07) is 8.24. The second-order valence-corrected chi connectivity index (χ2v) is 5.78. The lowest BCUT2D eigenvalue weighted by atomic mass is 9.77. The van der Waals surface area contributed by atoms with Crippen molar-refractivity contribution >= 4 is 5.97 Å². The summed E-state index contributed by atoms with van der Waals surface area (Å²) >= 11 is 0. The van der Waals surface area contributed by atoms with Gasteiger partial charge in [-0.3, -0.25) is 4.79 Å². The number of carboxylic acid groups (broad SMARTS) is 1. The molecule has 1 aliphatic carbocycles. The number of benzene rings is 1. The molecule has 0 aliphatic heterocycles. The first-order chi connectivity index (χ1) is 9.09.